The number of carboxylic acids is 1. The van der Waals surface area contributed by atoms with Crippen LogP contribution < -0.4 is 5.73 Å². The lowest BCUT2D eigenvalue weighted by Crippen LogP contribution is -2.42. The number of carboxylic acid groups (broad SMARTS) is 1. The minimum atomic E-state index is -0.965. The first-order valence-corrected chi connectivity index (χ1v) is 5.78. The first-order chi connectivity index (χ1) is 8.10. The van der Waals surface area contributed by atoms with Gasteiger partial charge in [0, 0.05) is 18.9 Å². The molecule has 17 heavy (non-hydrogen) atoms. The van der Waals surface area contributed by atoms with E-state index >= 15 is 0 Å². The van der Waals surface area contributed by atoms with Crippen molar-refractivity contribution in [2.75, 3.05) is 13.1 Å². The van der Waals surface area contributed by atoms with Gasteiger partial charge >= 0.3 is 5.97 Å². The van der Waals surface area contributed by atoms with E-state index in [9.17, 15) is 9.59 Å². The molecule has 1 aliphatic rings. The van der Waals surface area contributed by atoms with Crippen molar-refractivity contribution in [3.8, 4) is 12.3 Å². The van der Waals surface area contributed by atoms with Crippen LogP contribution in [0.3, 0.4) is 0 Å². The molecule has 0 bridgehead atoms. The van der Waals surface area contributed by atoms with Crippen LogP contribution in [0, 0.1) is 18.3 Å². The molecule has 94 valence electrons. The highest BCUT2D eigenvalue weighted by molar-refractivity contribution is 5.85. The smallest absolute Gasteiger partial charge is 0.326 e. The molecule has 0 saturated carbocycles. The molecule has 1 fully saturated rings. The van der Waals surface area contributed by atoms with Crippen LogP contribution in [0.5, 0.6) is 0 Å². The molecule has 2 unspecified atom stereocenters. The molecule has 1 saturated heterocycles. The van der Waals surface area contributed by atoms with Gasteiger partial charge in [0.1, 0.15) is 6.04 Å². The topological polar surface area (TPSA) is 83.6 Å². The van der Waals surface area contributed by atoms with E-state index in [1.54, 1.807) is 0 Å². The predicted molar refractivity (Wildman–Crippen MR) is 63.0 cm³/mol. The molecule has 5 nitrogen and oxygen atoms in total. The van der Waals surface area contributed by atoms with E-state index in [1.807, 2.05) is 0 Å². The zero-order valence-corrected chi connectivity index (χ0v) is 9.76. The molecule has 5 heteroatoms. The molecular weight excluding hydrogens is 220 g/mol. The molecular formula is C12H18N2O3. The summed E-state index contributed by atoms with van der Waals surface area (Å²) in [7, 11) is 0. The van der Waals surface area contributed by atoms with Crippen LogP contribution in [0.4, 0.5) is 0 Å². The van der Waals surface area contributed by atoms with Crippen molar-refractivity contribution in [1.82, 2.24) is 4.90 Å². The van der Waals surface area contributed by atoms with Crippen molar-refractivity contribution in [3.63, 3.8) is 0 Å². The lowest BCUT2D eigenvalue weighted by molar-refractivity contribution is -0.148. The van der Waals surface area contributed by atoms with Crippen molar-refractivity contribution in [2.45, 2.75) is 31.7 Å². The third-order valence-corrected chi connectivity index (χ3v) is 2.99. The average Bonchev–Trinajstić information content (AvgIpc) is 2.65. The van der Waals surface area contributed by atoms with E-state index in [2.05, 4.69) is 5.92 Å². The van der Waals surface area contributed by atoms with Crippen LogP contribution >= 0.6 is 0 Å². The molecule has 3 N–H and O–H groups in total. The maximum atomic E-state index is 11.7. The first kappa shape index (κ1) is 13.5. The Bertz CT molecular complexity index is 335. The van der Waals surface area contributed by atoms with E-state index in [0.717, 1.165) is 6.42 Å². The molecule has 0 aromatic heterocycles. The summed E-state index contributed by atoms with van der Waals surface area (Å²) in [6.45, 7) is 0.891. The molecule has 1 amide bonds. The number of amides is 1. The standard InChI is InChI=1S/C12H18N2O3/c1-2-9-7-11(15)14(8-9)10(12(16)17)5-3-4-6-13/h1,9-10H,3-8,13H2,(H,16,17). The fraction of sp³-hybridized carbons (Fsp3) is 0.667. The zero-order chi connectivity index (χ0) is 12.8. The first-order valence-electron chi connectivity index (χ1n) is 5.78. The minimum Gasteiger partial charge on any atom is -0.480 e. The highest BCUT2D eigenvalue weighted by atomic mass is 16.4. The van der Waals surface area contributed by atoms with Gasteiger partial charge in [-0.1, -0.05) is 0 Å². The summed E-state index contributed by atoms with van der Waals surface area (Å²) in [5, 5.41) is 9.13. The number of hydrogen-bond donors (Lipinski definition) is 2. The number of nitrogens with zero attached hydrogens (tertiary/aromatic N) is 1. The Hall–Kier alpha value is -1.54. The summed E-state index contributed by atoms with van der Waals surface area (Å²) in [4.78, 5) is 24.2. The highest BCUT2D eigenvalue weighted by Crippen LogP contribution is 2.22. The zero-order valence-electron chi connectivity index (χ0n) is 9.76. The van der Waals surface area contributed by atoms with Crippen LogP contribution in [0.15, 0.2) is 0 Å². The molecule has 0 aromatic carbocycles. The molecule has 0 radical (unpaired) electrons. The van der Waals surface area contributed by atoms with E-state index in [-0.39, 0.29) is 18.2 Å². The fourth-order valence-electron chi connectivity index (χ4n) is 2.04. The summed E-state index contributed by atoms with van der Waals surface area (Å²) in [6.07, 6.45) is 7.44. The molecule has 1 aliphatic heterocycles. The monoisotopic (exact) mass is 238 g/mol. The van der Waals surface area contributed by atoms with Gasteiger partial charge in [0.15, 0.2) is 0 Å². The number of likely N-dealkylation sites (tertiary alicyclic amines) is 1. The average molecular weight is 238 g/mol. The van der Waals surface area contributed by atoms with Crippen LogP contribution in [0.1, 0.15) is 25.7 Å². The quantitative estimate of drug-likeness (QED) is 0.506. The summed E-state index contributed by atoms with van der Waals surface area (Å²) >= 11 is 0. The number of aliphatic carboxylic acids is 1. The maximum absolute atomic E-state index is 11.7. The van der Waals surface area contributed by atoms with Crippen LogP contribution in [0.2, 0.25) is 0 Å². The number of hydrogen-bond acceptors (Lipinski definition) is 3. The summed E-state index contributed by atoms with van der Waals surface area (Å²) < 4.78 is 0. The third kappa shape index (κ3) is 3.46. The lowest BCUT2D eigenvalue weighted by atomic mass is 10.1. The SMILES string of the molecule is C#CC1CC(=O)N(C(CCCCN)C(=O)O)C1. The second-order valence-electron chi connectivity index (χ2n) is 4.25. The maximum Gasteiger partial charge on any atom is 0.326 e. The summed E-state index contributed by atoms with van der Waals surface area (Å²) in [5.74, 6) is 1.23. The lowest BCUT2D eigenvalue weighted by Gasteiger charge is -2.24. The molecule has 1 rings (SSSR count). The predicted octanol–water partition coefficient (Wildman–Crippen LogP) is 0.0503. The van der Waals surface area contributed by atoms with E-state index < -0.39 is 12.0 Å². The number of unbranched alkanes of at least 4 members (excludes halogenated alkanes) is 1. The number of terminal acetylenes is 1. The van der Waals surface area contributed by atoms with Crippen LogP contribution in [-0.2, 0) is 9.59 Å². The highest BCUT2D eigenvalue weighted by Gasteiger charge is 2.36. The Morgan fingerprint density at radius 2 is 2.35 bits per heavy atom. The molecule has 1 heterocycles. The van der Waals surface area contributed by atoms with Crippen molar-refractivity contribution in [3.05, 3.63) is 0 Å². The van der Waals surface area contributed by atoms with E-state index in [4.69, 9.17) is 17.3 Å². The van der Waals surface area contributed by atoms with Gasteiger partial charge < -0.3 is 15.7 Å². The van der Waals surface area contributed by atoms with Gasteiger partial charge in [-0.3, -0.25) is 4.79 Å². The fourth-order valence-corrected chi connectivity index (χ4v) is 2.04. The Kier molecular flexibility index (Phi) is 4.98. The van der Waals surface area contributed by atoms with E-state index in [0.29, 0.717) is 25.9 Å². The van der Waals surface area contributed by atoms with Crippen LogP contribution in [-0.4, -0.2) is 41.0 Å². The number of carbonyl (C=O) groups is 2. The number of rotatable bonds is 6. The van der Waals surface area contributed by atoms with Crippen molar-refractivity contribution < 1.29 is 14.7 Å². The van der Waals surface area contributed by atoms with Gasteiger partial charge in [-0.15, -0.1) is 12.3 Å². The molecule has 0 spiro atoms. The van der Waals surface area contributed by atoms with E-state index in [1.165, 1.54) is 4.90 Å². The Morgan fingerprint density at radius 3 is 2.82 bits per heavy atom. The third-order valence-electron chi connectivity index (χ3n) is 2.99. The van der Waals surface area contributed by atoms with Crippen molar-refractivity contribution >= 4 is 11.9 Å². The second kappa shape index (κ2) is 6.26. The minimum absolute atomic E-state index is 0.154. The summed E-state index contributed by atoms with van der Waals surface area (Å²) in [6, 6.07) is -0.757. The van der Waals surface area contributed by atoms with Gasteiger partial charge in [-0.25, -0.2) is 4.79 Å². The van der Waals surface area contributed by atoms with Gasteiger partial charge in [0.05, 0.1) is 0 Å². The van der Waals surface area contributed by atoms with Crippen LogP contribution in [0.25, 0.3) is 0 Å². The second-order valence-corrected chi connectivity index (χ2v) is 4.25. The summed E-state index contributed by atoms with van der Waals surface area (Å²) in [5.41, 5.74) is 5.36. The van der Waals surface area contributed by atoms with Gasteiger partial charge in [-0.2, -0.15) is 0 Å². The van der Waals surface area contributed by atoms with Crippen molar-refractivity contribution in [2.24, 2.45) is 11.7 Å². The number of nitrogens with two attached hydrogens (primary N) is 1. The van der Waals surface area contributed by atoms with Gasteiger partial charge in [-0.05, 0) is 25.8 Å². The number of carbonyl (C=O) groups excluding carboxylic acids is 1. The Morgan fingerprint density at radius 1 is 1.65 bits per heavy atom. The normalized spacial score (nSPS) is 21.3. The van der Waals surface area contributed by atoms with Gasteiger partial charge in [0.25, 0.3) is 0 Å². The van der Waals surface area contributed by atoms with Crippen molar-refractivity contribution in [1.29, 1.82) is 0 Å². The van der Waals surface area contributed by atoms with Gasteiger partial charge in [0.2, 0.25) is 5.91 Å². The molecule has 0 aliphatic carbocycles. The molecule has 2 atom stereocenters. The Labute approximate surface area is 101 Å². The Balaban J connectivity index is 2.62. The largest absolute Gasteiger partial charge is 0.480 e. The molecule has 0 aromatic rings.